The summed E-state index contributed by atoms with van der Waals surface area (Å²) in [6.45, 7) is 0.379. The molecule has 1 aliphatic carbocycles. The minimum Gasteiger partial charge on any atom is -0.388 e. The van der Waals surface area contributed by atoms with Crippen LogP contribution in [0, 0.1) is 0 Å². The van der Waals surface area contributed by atoms with Gasteiger partial charge in [0.25, 0.3) is 0 Å². The van der Waals surface area contributed by atoms with Crippen LogP contribution in [0.2, 0.25) is 0 Å². The van der Waals surface area contributed by atoms with Crippen molar-refractivity contribution < 1.29 is 9.90 Å². The average molecular weight is 417 g/mol. The molecule has 0 aliphatic heterocycles. The van der Waals surface area contributed by atoms with E-state index in [0.717, 1.165) is 43.4 Å². The highest BCUT2D eigenvalue weighted by molar-refractivity contribution is 5.87. The van der Waals surface area contributed by atoms with Crippen molar-refractivity contribution in [1.29, 1.82) is 0 Å². The van der Waals surface area contributed by atoms with Gasteiger partial charge in [-0.25, -0.2) is 4.98 Å². The summed E-state index contributed by atoms with van der Waals surface area (Å²) in [6.07, 6.45) is 8.02. The van der Waals surface area contributed by atoms with Crippen LogP contribution in [-0.4, -0.2) is 33.1 Å². The summed E-state index contributed by atoms with van der Waals surface area (Å²) in [5.74, 6) is -0.593. The van der Waals surface area contributed by atoms with Gasteiger partial charge >= 0.3 is 0 Å². The normalized spacial score (nSPS) is 16.4. The molecule has 1 aromatic carbocycles. The van der Waals surface area contributed by atoms with Gasteiger partial charge in [0.05, 0.1) is 17.2 Å². The molecule has 1 unspecified atom stereocenters. The second-order valence-corrected chi connectivity index (χ2v) is 8.26. The van der Waals surface area contributed by atoms with E-state index in [2.05, 4.69) is 10.3 Å². The highest BCUT2D eigenvalue weighted by Crippen LogP contribution is 2.33. The SMILES string of the molecule is NC(=O)C(c1cccnc1)c1ccc(-c2ccccc2)nc1NCC1(O)CCCCC1. The molecule has 1 saturated carbocycles. The third kappa shape index (κ3) is 4.91. The van der Waals surface area contributed by atoms with E-state index < -0.39 is 17.4 Å². The van der Waals surface area contributed by atoms with Crippen molar-refractivity contribution in [1.82, 2.24) is 9.97 Å². The molecule has 2 heterocycles. The lowest BCUT2D eigenvalue weighted by Gasteiger charge is -2.32. The number of anilines is 1. The molecule has 4 rings (SSSR count). The third-order valence-corrected chi connectivity index (χ3v) is 5.98. The fourth-order valence-electron chi connectivity index (χ4n) is 4.29. The Morgan fingerprint density at radius 1 is 1.06 bits per heavy atom. The van der Waals surface area contributed by atoms with Gasteiger partial charge in [-0.2, -0.15) is 0 Å². The number of hydrogen-bond donors (Lipinski definition) is 3. The lowest BCUT2D eigenvalue weighted by Crippen LogP contribution is -2.39. The molecular formula is C25H28N4O2. The molecule has 1 aliphatic rings. The lowest BCUT2D eigenvalue weighted by atomic mass is 9.84. The monoisotopic (exact) mass is 416 g/mol. The summed E-state index contributed by atoms with van der Waals surface area (Å²) < 4.78 is 0. The van der Waals surface area contributed by atoms with E-state index >= 15 is 0 Å². The van der Waals surface area contributed by atoms with Crippen LogP contribution < -0.4 is 11.1 Å². The number of carbonyl (C=O) groups is 1. The van der Waals surface area contributed by atoms with E-state index in [9.17, 15) is 9.90 Å². The Hall–Kier alpha value is -3.25. The summed E-state index contributed by atoms with van der Waals surface area (Å²) in [5, 5.41) is 14.3. The molecule has 0 spiro atoms. The van der Waals surface area contributed by atoms with Crippen molar-refractivity contribution in [2.45, 2.75) is 43.6 Å². The van der Waals surface area contributed by atoms with Gasteiger partial charge in [0, 0.05) is 30.1 Å². The van der Waals surface area contributed by atoms with Gasteiger partial charge in [-0.15, -0.1) is 0 Å². The molecule has 160 valence electrons. The number of carbonyl (C=O) groups excluding carboxylic acids is 1. The van der Waals surface area contributed by atoms with Crippen molar-refractivity contribution >= 4 is 11.7 Å². The van der Waals surface area contributed by atoms with Crippen LogP contribution in [0.25, 0.3) is 11.3 Å². The quantitative estimate of drug-likeness (QED) is 0.543. The smallest absolute Gasteiger partial charge is 0.229 e. The maximum atomic E-state index is 12.5. The molecule has 1 amide bonds. The van der Waals surface area contributed by atoms with Crippen LogP contribution in [0.5, 0.6) is 0 Å². The average Bonchev–Trinajstić information content (AvgIpc) is 2.80. The molecule has 0 radical (unpaired) electrons. The van der Waals surface area contributed by atoms with Crippen LogP contribution in [0.4, 0.5) is 5.82 Å². The molecule has 1 fully saturated rings. The lowest BCUT2D eigenvalue weighted by molar-refractivity contribution is -0.118. The van der Waals surface area contributed by atoms with Crippen LogP contribution in [0.3, 0.4) is 0 Å². The first-order valence-corrected chi connectivity index (χ1v) is 10.8. The van der Waals surface area contributed by atoms with E-state index in [-0.39, 0.29) is 0 Å². The number of amides is 1. The number of aliphatic hydroxyl groups is 1. The number of benzene rings is 1. The van der Waals surface area contributed by atoms with Crippen LogP contribution in [-0.2, 0) is 4.79 Å². The van der Waals surface area contributed by atoms with E-state index in [1.807, 2.05) is 48.5 Å². The molecule has 6 heteroatoms. The van der Waals surface area contributed by atoms with Crippen molar-refractivity contribution in [3.63, 3.8) is 0 Å². The highest BCUT2D eigenvalue weighted by atomic mass is 16.3. The highest BCUT2D eigenvalue weighted by Gasteiger charge is 2.30. The number of nitrogens with two attached hydrogens (primary N) is 1. The first-order valence-electron chi connectivity index (χ1n) is 10.8. The largest absolute Gasteiger partial charge is 0.388 e. The molecule has 1 atom stereocenters. The Morgan fingerprint density at radius 3 is 2.52 bits per heavy atom. The number of hydrogen-bond acceptors (Lipinski definition) is 5. The van der Waals surface area contributed by atoms with Crippen molar-refractivity contribution in [3.05, 3.63) is 78.1 Å². The van der Waals surface area contributed by atoms with Crippen LogP contribution in [0.1, 0.15) is 49.1 Å². The van der Waals surface area contributed by atoms with Gasteiger partial charge in [0.2, 0.25) is 5.91 Å². The zero-order valence-electron chi connectivity index (χ0n) is 17.5. The molecule has 0 bridgehead atoms. The molecule has 0 saturated heterocycles. The maximum absolute atomic E-state index is 12.5. The Labute approximate surface area is 182 Å². The standard InChI is InChI=1S/C25H28N4O2/c26-23(30)22(19-10-7-15-27-16-19)20-11-12-21(18-8-3-1-4-9-18)29-24(20)28-17-25(31)13-5-2-6-14-25/h1,3-4,7-12,15-16,22,31H,2,5-6,13-14,17H2,(H2,26,30)(H,28,29). The Balaban J connectivity index is 1.73. The number of nitrogens with one attached hydrogen (secondary N) is 1. The van der Waals surface area contributed by atoms with E-state index in [1.165, 1.54) is 0 Å². The maximum Gasteiger partial charge on any atom is 0.229 e. The summed E-state index contributed by atoms with van der Waals surface area (Å²) in [7, 11) is 0. The van der Waals surface area contributed by atoms with Gasteiger partial charge in [-0.1, -0.05) is 61.7 Å². The number of pyridine rings is 2. The second-order valence-electron chi connectivity index (χ2n) is 8.26. The van der Waals surface area contributed by atoms with Gasteiger partial charge in [0.15, 0.2) is 0 Å². The minimum absolute atomic E-state index is 0.379. The first-order chi connectivity index (χ1) is 15.1. The summed E-state index contributed by atoms with van der Waals surface area (Å²) in [5.41, 5.74) is 8.20. The predicted octanol–water partition coefficient (Wildman–Crippen LogP) is 3.87. The zero-order valence-corrected chi connectivity index (χ0v) is 17.5. The van der Waals surface area contributed by atoms with E-state index in [1.54, 1.807) is 18.5 Å². The fourth-order valence-corrected chi connectivity index (χ4v) is 4.29. The molecule has 31 heavy (non-hydrogen) atoms. The summed E-state index contributed by atoms with van der Waals surface area (Å²) >= 11 is 0. The Morgan fingerprint density at radius 2 is 1.84 bits per heavy atom. The molecular weight excluding hydrogens is 388 g/mol. The topological polar surface area (TPSA) is 101 Å². The van der Waals surface area contributed by atoms with E-state index in [0.29, 0.717) is 23.5 Å². The van der Waals surface area contributed by atoms with Crippen molar-refractivity contribution in [3.8, 4) is 11.3 Å². The Kier molecular flexibility index (Phi) is 6.28. The number of primary amides is 1. The Bertz CT molecular complexity index is 1020. The summed E-state index contributed by atoms with van der Waals surface area (Å²) in [4.78, 5) is 21.5. The molecule has 3 aromatic rings. The molecule has 6 nitrogen and oxygen atoms in total. The fraction of sp³-hybridized carbons (Fsp3) is 0.320. The van der Waals surface area contributed by atoms with Crippen LogP contribution in [0.15, 0.2) is 67.0 Å². The number of rotatable bonds is 7. The van der Waals surface area contributed by atoms with Crippen LogP contribution >= 0.6 is 0 Å². The van der Waals surface area contributed by atoms with Gasteiger partial charge in [-0.3, -0.25) is 9.78 Å². The van der Waals surface area contributed by atoms with Crippen molar-refractivity contribution in [2.24, 2.45) is 5.73 Å². The third-order valence-electron chi connectivity index (χ3n) is 5.98. The minimum atomic E-state index is -0.767. The van der Waals surface area contributed by atoms with Gasteiger partial charge in [-0.05, 0) is 30.5 Å². The predicted molar refractivity (Wildman–Crippen MR) is 121 cm³/mol. The van der Waals surface area contributed by atoms with Gasteiger partial charge < -0.3 is 16.2 Å². The molecule has 4 N–H and O–H groups in total. The number of nitrogens with zero attached hydrogens (tertiary/aromatic N) is 2. The zero-order chi connectivity index (χ0) is 21.7. The first kappa shape index (κ1) is 21.0. The summed E-state index contributed by atoms with van der Waals surface area (Å²) in [6, 6.07) is 17.3. The number of aromatic nitrogens is 2. The van der Waals surface area contributed by atoms with Gasteiger partial charge in [0.1, 0.15) is 5.82 Å². The van der Waals surface area contributed by atoms with Crippen molar-refractivity contribution in [2.75, 3.05) is 11.9 Å². The second kappa shape index (κ2) is 9.27. The molecule has 2 aromatic heterocycles. The van der Waals surface area contributed by atoms with E-state index in [4.69, 9.17) is 10.7 Å².